The summed E-state index contributed by atoms with van der Waals surface area (Å²) < 4.78 is 0. The van der Waals surface area contributed by atoms with Gasteiger partial charge in [0.15, 0.2) is 0 Å². The molecule has 0 aliphatic carbocycles. The van der Waals surface area contributed by atoms with E-state index >= 15 is 0 Å². The maximum atomic E-state index is 13.4. The van der Waals surface area contributed by atoms with Crippen LogP contribution in [0.5, 0.6) is 0 Å². The number of hydrogen-bond acceptors (Lipinski definition) is 10. The van der Waals surface area contributed by atoms with E-state index in [1.54, 1.807) is 18.3 Å². The van der Waals surface area contributed by atoms with Crippen molar-refractivity contribution in [2.24, 2.45) is 5.41 Å². The van der Waals surface area contributed by atoms with Crippen molar-refractivity contribution in [3.63, 3.8) is 0 Å². The van der Waals surface area contributed by atoms with Gasteiger partial charge in [0.05, 0.1) is 22.5 Å². The van der Waals surface area contributed by atoms with Crippen LogP contribution in [0.4, 0.5) is 17.1 Å². The van der Waals surface area contributed by atoms with Crippen LogP contribution in [0.3, 0.4) is 0 Å². The van der Waals surface area contributed by atoms with Crippen molar-refractivity contribution in [3.05, 3.63) is 82.6 Å². The number of nitrogens with zero attached hydrogens (tertiary/aromatic N) is 5. The lowest BCUT2D eigenvalue weighted by Gasteiger charge is -2.40. The number of halogens is 1. The maximum Gasteiger partial charge on any atom is 0.270 e. The zero-order chi connectivity index (χ0) is 38.5. The third-order valence-electron chi connectivity index (χ3n) is 11.7. The van der Waals surface area contributed by atoms with E-state index in [1.807, 2.05) is 35.2 Å². The number of benzene rings is 2. The van der Waals surface area contributed by atoms with Gasteiger partial charge in [-0.25, -0.2) is 4.98 Å². The third-order valence-corrected chi connectivity index (χ3v) is 12.0. The number of pyridine rings is 1. The van der Waals surface area contributed by atoms with Gasteiger partial charge >= 0.3 is 0 Å². The fourth-order valence-corrected chi connectivity index (χ4v) is 8.72. The van der Waals surface area contributed by atoms with Crippen LogP contribution in [0.1, 0.15) is 78.3 Å². The first kappa shape index (κ1) is 38.1. The molecule has 55 heavy (non-hydrogen) atoms. The van der Waals surface area contributed by atoms with Crippen molar-refractivity contribution in [2.75, 3.05) is 60.9 Å². The molecule has 4 fully saturated rings. The van der Waals surface area contributed by atoms with Crippen LogP contribution >= 0.6 is 11.6 Å². The Morgan fingerprint density at radius 1 is 0.982 bits per heavy atom. The number of nitriles is 1. The molecule has 4 aliphatic heterocycles. The minimum absolute atomic E-state index is 0.0777. The van der Waals surface area contributed by atoms with Gasteiger partial charge in [0.25, 0.3) is 11.8 Å². The summed E-state index contributed by atoms with van der Waals surface area (Å²) >= 11 is 6.36. The van der Waals surface area contributed by atoms with Gasteiger partial charge in [-0.05, 0) is 105 Å². The van der Waals surface area contributed by atoms with Crippen LogP contribution < -0.4 is 31.1 Å². The van der Waals surface area contributed by atoms with Gasteiger partial charge in [0, 0.05) is 81.3 Å². The Morgan fingerprint density at radius 2 is 1.73 bits per heavy atom. The molecule has 288 valence electrons. The second-order valence-corrected chi connectivity index (χ2v) is 15.8. The van der Waals surface area contributed by atoms with E-state index in [2.05, 4.69) is 61.2 Å². The average molecular weight is 766 g/mol. The molecule has 1 unspecified atom stereocenters. The summed E-state index contributed by atoms with van der Waals surface area (Å²) in [6.07, 6.45) is 7.16. The molecule has 0 bridgehead atoms. The van der Waals surface area contributed by atoms with Crippen molar-refractivity contribution in [3.8, 4) is 6.07 Å². The summed E-state index contributed by atoms with van der Waals surface area (Å²) in [6, 6.07) is 19.4. The number of carbonyl (C=O) groups is 4. The second-order valence-electron chi connectivity index (χ2n) is 15.3. The van der Waals surface area contributed by atoms with Gasteiger partial charge in [-0.15, -0.1) is 0 Å². The predicted octanol–water partition coefficient (Wildman–Crippen LogP) is 4.33. The van der Waals surface area contributed by atoms with E-state index < -0.39 is 17.9 Å². The third kappa shape index (κ3) is 8.87. The fraction of sp³-hybridized carbons (Fsp3) is 0.463. The van der Waals surface area contributed by atoms with Crippen molar-refractivity contribution in [2.45, 2.75) is 70.0 Å². The fourth-order valence-electron chi connectivity index (χ4n) is 8.50. The molecule has 2 aromatic carbocycles. The summed E-state index contributed by atoms with van der Waals surface area (Å²) in [6.45, 7) is 8.04. The molecule has 1 aromatic heterocycles. The van der Waals surface area contributed by atoms with E-state index in [0.717, 1.165) is 80.9 Å². The van der Waals surface area contributed by atoms with Gasteiger partial charge in [-0.3, -0.25) is 24.5 Å². The Labute approximate surface area is 326 Å². The molecule has 3 aromatic rings. The monoisotopic (exact) mass is 765 g/mol. The molecule has 13 nitrogen and oxygen atoms in total. The highest BCUT2D eigenvalue weighted by molar-refractivity contribution is 6.32. The number of aromatic nitrogens is 1. The molecule has 4 amide bonds. The molecule has 0 radical (unpaired) electrons. The van der Waals surface area contributed by atoms with Crippen LogP contribution in [-0.2, 0) is 9.59 Å². The molecule has 4 N–H and O–H groups in total. The average Bonchev–Trinajstić information content (AvgIpc) is 3.52. The number of piperidine rings is 3. The lowest BCUT2D eigenvalue weighted by atomic mass is 9.76. The summed E-state index contributed by atoms with van der Waals surface area (Å²) in [7, 11) is 0. The standard InChI is InChI=1S/C41H48ClN9O4/c1-27-23-41(26-51(27)33-8-4-29(24-43)34(42)22-33)14-20-49(21-15-41)32-6-2-28(3-7-32)40(55)50-18-12-30(13-19-50)44-16-17-45-31-5-9-35(46-25-31)38(53)47-36-10-11-37(52)48-39(36)54/h2-9,22,25,27,30,36,44-45H,10-21,23,26H2,1H3,(H,47,53)(H,48,52,54)/t27-,36?/m1/s1. The van der Waals surface area contributed by atoms with E-state index in [-0.39, 0.29) is 35.8 Å². The summed E-state index contributed by atoms with van der Waals surface area (Å²) in [5.41, 5.74) is 4.71. The largest absolute Gasteiger partial charge is 0.383 e. The second kappa shape index (κ2) is 16.7. The lowest BCUT2D eigenvalue weighted by molar-refractivity contribution is -0.134. The first-order chi connectivity index (χ1) is 26.6. The molecular formula is C41H48ClN9O4. The first-order valence-corrected chi connectivity index (χ1v) is 19.7. The molecule has 2 atom stereocenters. The molecule has 1 spiro atoms. The van der Waals surface area contributed by atoms with Crippen molar-refractivity contribution in [1.82, 2.24) is 25.8 Å². The number of nitrogens with one attached hydrogen (secondary N) is 4. The van der Waals surface area contributed by atoms with Gasteiger partial charge < -0.3 is 30.7 Å². The Morgan fingerprint density at radius 3 is 2.40 bits per heavy atom. The Bertz CT molecular complexity index is 1930. The highest BCUT2D eigenvalue weighted by atomic mass is 35.5. The number of imide groups is 1. The van der Waals surface area contributed by atoms with E-state index in [9.17, 15) is 24.4 Å². The molecular weight excluding hydrogens is 718 g/mol. The van der Waals surface area contributed by atoms with Crippen LogP contribution in [0, 0.1) is 16.7 Å². The van der Waals surface area contributed by atoms with Crippen molar-refractivity contribution in [1.29, 1.82) is 5.26 Å². The van der Waals surface area contributed by atoms with Crippen molar-refractivity contribution >= 4 is 52.3 Å². The molecule has 0 saturated carbocycles. The van der Waals surface area contributed by atoms with E-state index in [4.69, 9.17) is 11.6 Å². The molecule has 7 rings (SSSR count). The highest BCUT2D eigenvalue weighted by Gasteiger charge is 2.44. The highest BCUT2D eigenvalue weighted by Crippen LogP contribution is 2.46. The molecule has 5 heterocycles. The molecule has 4 saturated heterocycles. The zero-order valence-electron chi connectivity index (χ0n) is 31.2. The van der Waals surface area contributed by atoms with Crippen LogP contribution in [0.25, 0.3) is 0 Å². The smallest absolute Gasteiger partial charge is 0.270 e. The Kier molecular flexibility index (Phi) is 11.5. The number of anilines is 3. The van der Waals surface area contributed by atoms with E-state index in [1.165, 1.54) is 0 Å². The summed E-state index contributed by atoms with van der Waals surface area (Å²) in [4.78, 5) is 60.2. The first-order valence-electron chi connectivity index (χ1n) is 19.3. The van der Waals surface area contributed by atoms with Crippen LogP contribution in [0.15, 0.2) is 60.8 Å². The van der Waals surface area contributed by atoms with Crippen LogP contribution in [-0.4, -0.2) is 97.5 Å². The van der Waals surface area contributed by atoms with Gasteiger partial charge in [-0.1, -0.05) is 11.6 Å². The minimum Gasteiger partial charge on any atom is -0.383 e. The SMILES string of the molecule is C[C@@H]1CC2(CCN(c3ccc(C(=O)N4CCC(NCCNc5ccc(C(=O)NC6CCC(=O)NC6=O)nc5)CC4)cc3)CC2)CN1c1ccc(C#N)c(Cl)c1. The number of carbonyl (C=O) groups excluding carboxylic acids is 4. The topological polar surface area (TPSA) is 163 Å². The van der Waals surface area contributed by atoms with E-state index in [0.29, 0.717) is 42.3 Å². The normalized spacial score (nSPS) is 21.3. The number of rotatable bonds is 10. The van der Waals surface area contributed by atoms with Gasteiger partial charge in [-0.2, -0.15) is 5.26 Å². The van der Waals surface area contributed by atoms with Crippen molar-refractivity contribution < 1.29 is 19.2 Å². The summed E-state index contributed by atoms with van der Waals surface area (Å²) in [5.74, 6) is -1.21. The lowest BCUT2D eigenvalue weighted by Crippen LogP contribution is -2.52. The molecule has 4 aliphatic rings. The van der Waals surface area contributed by atoms with Gasteiger partial charge in [0.1, 0.15) is 17.8 Å². The Hall–Kier alpha value is -5.19. The minimum atomic E-state index is -0.744. The quantitative estimate of drug-likeness (QED) is 0.173. The number of likely N-dealkylation sites (tertiary alicyclic amines) is 1. The Balaban J connectivity index is 0.802. The van der Waals surface area contributed by atoms with Crippen LogP contribution in [0.2, 0.25) is 5.02 Å². The number of amides is 4. The summed E-state index contributed by atoms with van der Waals surface area (Å²) in [5, 5.41) is 21.5. The maximum absolute atomic E-state index is 13.4. The molecule has 14 heteroatoms. The van der Waals surface area contributed by atoms with Gasteiger partial charge in [0.2, 0.25) is 11.8 Å². The number of hydrogen-bond donors (Lipinski definition) is 4. The predicted molar refractivity (Wildman–Crippen MR) is 211 cm³/mol. The zero-order valence-corrected chi connectivity index (χ0v) is 31.9.